The molecule has 0 aromatic carbocycles. The number of pyridine rings is 1. The number of rotatable bonds is 5. The second-order valence-corrected chi connectivity index (χ2v) is 5.70. The molecule has 0 spiro atoms. The lowest BCUT2D eigenvalue weighted by molar-refractivity contribution is -0.148. The lowest BCUT2D eigenvalue weighted by atomic mass is 9.98. The van der Waals surface area contributed by atoms with Crippen LogP contribution in [0.5, 0.6) is 0 Å². The van der Waals surface area contributed by atoms with Crippen LogP contribution in [0.25, 0.3) is 0 Å². The molecule has 120 valence electrons. The van der Waals surface area contributed by atoms with Crippen LogP contribution in [0, 0.1) is 36.5 Å². The third-order valence-corrected chi connectivity index (χ3v) is 3.90. The molecule has 5 nitrogen and oxygen atoms in total. The minimum atomic E-state index is -0.183. The van der Waals surface area contributed by atoms with Crippen molar-refractivity contribution in [3.8, 4) is 18.4 Å². The summed E-state index contributed by atoms with van der Waals surface area (Å²) in [4.78, 5) is 18.7. The van der Waals surface area contributed by atoms with Gasteiger partial charge in [0.05, 0.1) is 18.1 Å². The van der Waals surface area contributed by atoms with Crippen molar-refractivity contribution >= 4 is 11.8 Å². The van der Waals surface area contributed by atoms with E-state index in [1.54, 1.807) is 6.07 Å². The highest BCUT2D eigenvalue weighted by molar-refractivity contribution is 5.73. The Morgan fingerprint density at radius 2 is 2.39 bits per heavy atom. The first-order valence-corrected chi connectivity index (χ1v) is 7.88. The minimum Gasteiger partial charge on any atom is -0.465 e. The minimum absolute atomic E-state index is 0.177. The van der Waals surface area contributed by atoms with Gasteiger partial charge in [0, 0.05) is 25.2 Å². The van der Waals surface area contributed by atoms with E-state index in [0.29, 0.717) is 37.4 Å². The second kappa shape index (κ2) is 8.19. The van der Waals surface area contributed by atoms with Crippen LogP contribution < -0.4 is 4.90 Å². The smallest absolute Gasteiger partial charge is 0.310 e. The number of carbonyl (C=O) groups is 1. The Labute approximate surface area is 137 Å². The number of unbranched alkanes of at least 4 members (excludes halogenated alkanes) is 1. The fourth-order valence-electron chi connectivity index (χ4n) is 2.70. The highest BCUT2D eigenvalue weighted by Crippen LogP contribution is 2.25. The van der Waals surface area contributed by atoms with E-state index in [2.05, 4.69) is 17.0 Å². The second-order valence-electron chi connectivity index (χ2n) is 5.70. The van der Waals surface area contributed by atoms with Gasteiger partial charge in [-0.3, -0.25) is 4.79 Å². The Morgan fingerprint density at radius 1 is 1.57 bits per heavy atom. The number of anilines is 1. The number of esters is 1. The van der Waals surface area contributed by atoms with Gasteiger partial charge in [-0.2, -0.15) is 5.26 Å². The Morgan fingerprint density at radius 3 is 3.13 bits per heavy atom. The summed E-state index contributed by atoms with van der Waals surface area (Å²) < 4.78 is 5.30. The van der Waals surface area contributed by atoms with Gasteiger partial charge in [0.15, 0.2) is 0 Å². The summed E-state index contributed by atoms with van der Waals surface area (Å²) in [7, 11) is 0. The maximum Gasteiger partial charge on any atom is 0.310 e. The molecule has 1 aliphatic rings. The molecule has 0 N–H and O–H groups in total. The zero-order chi connectivity index (χ0) is 16.7. The molecular weight excluding hydrogens is 290 g/mol. The van der Waals surface area contributed by atoms with E-state index in [0.717, 1.165) is 25.1 Å². The van der Waals surface area contributed by atoms with Crippen molar-refractivity contribution in [2.24, 2.45) is 5.92 Å². The number of ether oxygens (including phenoxy) is 1. The summed E-state index contributed by atoms with van der Waals surface area (Å²) in [5.74, 6) is 2.83. The quantitative estimate of drug-likeness (QED) is 0.475. The number of piperidine rings is 1. The molecule has 0 radical (unpaired) electrons. The van der Waals surface area contributed by atoms with Crippen LogP contribution in [0.15, 0.2) is 12.1 Å². The standard InChI is InChI=1S/C18H21N3O2/c1-3-4-5-11-23-18(22)16-7-6-10-21(13-16)17-15(12-19)9-8-14(2)20-17/h1,8-9,16H,4-7,10-11,13H2,2H3/t16-/m1/s1. The number of nitriles is 1. The molecule has 2 rings (SSSR count). The van der Waals surface area contributed by atoms with Crippen molar-refractivity contribution in [1.82, 2.24) is 4.98 Å². The maximum atomic E-state index is 12.2. The van der Waals surface area contributed by atoms with E-state index < -0.39 is 0 Å². The summed E-state index contributed by atoms with van der Waals surface area (Å²) in [5, 5.41) is 9.26. The third-order valence-electron chi connectivity index (χ3n) is 3.90. The van der Waals surface area contributed by atoms with Gasteiger partial charge in [0.2, 0.25) is 0 Å². The highest BCUT2D eigenvalue weighted by Gasteiger charge is 2.28. The topological polar surface area (TPSA) is 66.2 Å². The monoisotopic (exact) mass is 311 g/mol. The van der Waals surface area contributed by atoms with Crippen LogP contribution in [-0.4, -0.2) is 30.6 Å². The third kappa shape index (κ3) is 4.47. The van der Waals surface area contributed by atoms with Crippen molar-refractivity contribution in [1.29, 1.82) is 5.26 Å². The Balaban J connectivity index is 2.01. The van der Waals surface area contributed by atoms with Gasteiger partial charge in [0.25, 0.3) is 0 Å². The molecular formula is C18H21N3O2. The number of carbonyl (C=O) groups excluding carboxylic acids is 1. The van der Waals surface area contributed by atoms with E-state index in [-0.39, 0.29) is 11.9 Å². The molecule has 1 aromatic rings. The van der Waals surface area contributed by atoms with Crippen LogP contribution in [0.2, 0.25) is 0 Å². The van der Waals surface area contributed by atoms with Crippen LogP contribution in [0.4, 0.5) is 5.82 Å². The summed E-state index contributed by atoms with van der Waals surface area (Å²) in [5.41, 5.74) is 1.40. The van der Waals surface area contributed by atoms with Gasteiger partial charge in [-0.15, -0.1) is 12.3 Å². The van der Waals surface area contributed by atoms with E-state index in [1.165, 1.54) is 0 Å². The summed E-state index contributed by atoms with van der Waals surface area (Å²) in [6.45, 7) is 3.60. The molecule has 0 unspecified atom stereocenters. The number of terminal acetylenes is 1. The maximum absolute atomic E-state index is 12.2. The molecule has 1 atom stereocenters. The Bertz CT molecular complexity index is 643. The number of aromatic nitrogens is 1. The molecule has 5 heteroatoms. The van der Waals surface area contributed by atoms with Crippen molar-refractivity contribution in [2.75, 3.05) is 24.6 Å². The average Bonchev–Trinajstić information content (AvgIpc) is 2.58. The van der Waals surface area contributed by atoms with Gasteiger partial charge in [-0.25, -0.2) is 4.98 Å². The number of hydrogen-bond donors (Lipinski definition) is 0. The van der Waals surface area contributed by atoms with E-state index >= 15 is 0 Å². The van der Waals surface area contributed by atoms with E-state index in [9.17, 15) is 10.1 Å². The molecule has 1 saturated heterocycles. The van der Waals surface area contributed by atoms with Gasteiger partial charge >= 0.3 is 5.97 Å². The molecule has 1 fully saturated rings. The van der Waals surface area contributed by atoms with Gasteiger partial charge in [0.1, 0.15) is 11.9 Å². The van der Waals surface area contributed by atoms with Crippen molar-refractivity contribution in [3.63, 3.8) is 0 Å². The molecule has 0 aliphatic carbocycles. The summed E-state index contributed by atoms with van der Waals surface area (Å²) >= 11 is 0. The number of aryl methyl sites for hydroxylation is 1. The van der Waals surface area contributed by atoms with Crippen LogP contribution >= 0.6 is 0 Å². The molecule has 23 heavy (non-hydrogen) atoms. The van der Waals surface area contributed by atoms with Gasteiger partial charge in [-0.1, -0.05) is 0 Å². The zero-order valence-electron chi connectivity index (χ0n) is 13.4. The number of nitrogens with zero attached hydrogens (tertiary/aromatic N) is 3. The van der Waals surface area contributed by atoms with E-state index in [1.807, 2.05) is 17.9 Å². The van der Waals surface area contributed by atoms with Crippen LogP contribution in [0.1, 0.15) is 36.9 Å². The molecule has 2 heterocycles. The van der Waals surface area contributed by atoms with Gasteiger partial charge in [-0.05, 0) is 38.3 Å². The van der Waals surface area contributed by atoms with E-state index in [4.69, 9.17) is 11.2 Å². The fourth-order valence-corrected chi connectivity index (χ4v) is 2.70. The number of hydrogen-bond acceptors (Lipinski definition) is 5. The summed E-state index contributed by atoms with van der Waals surface area (Å²) in [6, 6.07) is 5.77. The predicted octanol–water partition coefficient (Wildman–Crippen LogP) is 2.43. The SMILES string of the molecule is C#CCCCOC(=O)[C@@H]1CCCN(c2nc(C)ccc2C#N)C1. The Hall–Kier alpha value is -2.53. The highest BCUT2D eigenvalue weighted by atomic mass is 16.5. The normalized spacial score (nSPS) is 17.2. The lowest BCUT2D eigenvalue weighted by Crippen LogP contribution is -2.40. The fraction of sp³-hybridized carbons (Fsp3) is 0.500. The van der Waals surface area contributed by atoms with Crippen LogP contribution in [-0.2, 0) is 9.53 Å². The first kappa shape index (κ1) is 16.8. The predicted molar refractivity (Wildman–Crippen MR) is 87.7 cm³/mol. The van der Waals surface area contributed by atoms with Gasteiger partial charge < -0.3 is 9.64 Å². The van der Waals surface area contributed by atoms with Crippen molar-refractivity contribution in [3.05, 3.63) is 23.4 Å². The van der Waals surface area contributed by atoms with Crippen molar-refractivity contribution in [2.45, 2.75) is 32.6 Å². The molecule has 1 aliphatic heterocycles. The molecule has 0 amide bonds. The van der Waals surface area contributed by atoms with Crippen LogP contribution in [0.3, 0.4) is 0 Å². The molecule has 0 bridgehead atoms. The largest absolute Gasteiger partial charge is 0.465 e. The lowest BCUT2D eigenvalue weighted by Gasteiger charge is -2.33. The Kier molecular flexibility index (Phi) is 6.00. The summed E-state index contributed by atoms with van der Waals surface area (Å²) in [6.07, 6.45) is 8.17. The zero-order valence-corrected chi connectivity index (χ0v) is 13.4. The molecule has 0 saturated carbocycles. The first-order chi connectivity index (χ1) is 11.2. The average molecular weight is 311 g/mol. The van der Waals surface area contributed by atoms with Crippen molar-refractivity contribution < 1.29 is 9.53 Å². The first-order valence-electron chi connectivity index (χ1n) is 7.88. The molecule has 1 aromatic heterocycles.